The summed E-state index contributed by atoms with van der Waals surface area (Å²) in [6, 6.07) is 0. The van der Waals surface area contributed by atoms with Crippen LogP contribution in [0.2, 0.25) is 0 Å². The van der Waals surface area contributed by atoms with Crippen LogP contribution in [0.5, 0.6) is 0 Å². The van der Waals surface area contributed by atoms with Gasteiger partial charge in [0.15, 0.2) is 5.65 Å². The molecule has 0 amide bonds. The van der Waals surface area contributed by atoms with Gasteiger partial charge in [0, 0.05) is 13.2 Å². The van der Waals surface area contributed by atoms with Crippen LogP contribution in [0.3, 0.4) is 0 Å². The number of hydrogen-bond acceptors (Lipinski definition) is 6. The van der Waals surface area contributed by atoms with E-state index in [4.69, 9.17) is 0 Å². The van der Waals surface area contributed by atoms with Gasteiger partial charge >= 0.3 is 0 Å². The second kappa shape index (κ2) is 5.48. The number of anilines is 1. The maximum Gasteiger partial charge on any atom is 0.199 e. The van der Waals surface area contributed by atoms with Crippen LogP contribution in [0.25, 0.3) is 5.65 Å². The van der Waals surface area contributed by atoms with Crippen LogP contribution in [0.15, 0.2) is 12.4 Å². The van der Waals surface area contributed by atoms with Gasteiger partial charge in [-0.3, -0.25) is 4.98 Å². The summed E-state index contributed by atoms with van der Waals surface area (Å²) in [6.07, 6.45) is 8.11. The SMILES string of the molecule is OCC1CCCCC1CNc1cncc2nnnn12. The molecule has 2 atom stereocenters. The van der Waals surface area contributed by atoms with Crippen molar-refractivity contribution >= 4 is 11.5 Å². The van der Waals surface area contributed by atoms with Gasteiger partial charge < -0.3 is 10.4 Å². The lowest BCUT2D eigenvalue weighted by molar-refractivity contribution is 0.141. The van der Waals surface area contributed by atoms with E-state index in [1.807, 2.05) is 0 Å². The van der Waals surface area contributed by atoms with E-state index >= 15 is 0 Å². The van der Waals surface area contributed by atoms with Gasteiger partial charge in [-0.1, -0.05) is 12.8 Å². The zero-order chi connectivity index (χ0) is 13.1. The van der Waals surface area contributed by atoms with E-state index in [9.17, 15) is 5.11 Å². The molecule has 2 heterocycles. The normalized spacial score (nSPS) is 23.6. The minimum atomic E-state index is 0.277. The Morgan fingerprint density at radius 3 is 2.95 bits per heavy atom. The summed E-state index contributed by atoms with van der Waals surface area (Å²) < 4.78 is 1.64. The Hall–Kier alpha value is -1.76. The Kier molecular flexibility index (Phi) is 3.54. The first-order valence-electron chi connectivity index (χ1n) is 6.75. The minimum Gasteiger partial charge on any atom is -0.396 e. The highest BCUT2D eigenvalue weighted by Gasteiger charge is 2.24. The van der Waals surface area contributed by atoms with Crippen LogP contribution in [0, 0.1) is 11.8 Å². The molecule has 2 unspecified atom stereocenters. The molecule has 1 aliphatic carbocycles. The molecule has 0 aliphatic heterocycles. The molecular formula is C12H18N6O. The van der Waals surface area contributed by atoms with Crippen LogP contribution in [-0.4, -0.2) is 43.3 Å². The molecule has 0 radical (unpaired) electrons. The number of tetrazole rings is 1. The van der Waals surface area contributed by atoms with Gasteiger partial charge in [-0.2, -0.15) is 4.52 Å². The predicted molar refractivity (Wildman–Crippen MR) is 69.6 cm³/mol. The van der Waals surface area contributed by atoms with E-state index in [1.165, 1.54) is 12.8 Å². The van der Waals surface area contributed by atoms with Crippen molar-refractivity contribution in [3.05, 3.63) is 12.4 Å². The van der Waals surface area contributed by atoms with Crippen molar-refractivity contribution in [1.82, 2.24) is 25.0 Å². The summed E-state index contributed by atoms with van der Waals surface area (Å²) in [5.41, 5.74) is 0.632. The lowest BCUT2D eigenvalue weighted by Crippen LogP contribution is -2.29. The Bertz CT molecular complexity index is 542. The van der Waals surface area contributed by atoms with E-state index in [1.54, 1.807) is 16.9 Å². The number of aliphatic hydroxyl groups excluding tert-OH is 1. The second-order valence-electron chi connectivity index (χ2n) is 5.11. The molecule has 1 saturated carbocycles. The molecule has 7 nitrogen and oxygen atoms in total. The first-order valence-corrected chi connectivity index (χ1v) is 6.75. The molecule has 0 bridgehead atoms. The first kappa shape index (κ1) is 12.3. The fourth-order valence-electron chi connectivity index (χ4n) is 2.83. The summed E-state index contributed by atoms with van der Waals surface area (Å²) in [5, 5.41) is 24.2. The summed E-state index contributed by atoms with van der Waals surface area (Å²) >= 11 is 0. The molecule has 1 fully saturated rings. The highest BCUT2D eigenvalue weighted by Crippen LogP contribution is 2.29. The van der Waals surface area contributed by atoms with Crippen molar-refractivity contribution in [2.75, 3.05) is 18.5 Å². The Morgan fingerprint density at radius 2 is 2.11 bits per heavy atom. The highest BCUT2D eigenvalue weighted by molar-refractivity contribution is 5.43. The molecule has 0 spiro atoms. The molecule has 2 N–H and O–H groups in total. The zero-order valence-corrected chi connectivity index (χ0v) is 10.7. The van der Waals surface area contributed by atoms with E-state index in [2.05, 4.69) is 25.8 Å². The van der Waals surface area contributed by atoms with E-state index < -0.39 is 0 Å². The average molecular weight is 262 g/mol. The van der Waals surface area contributed by atoms with Crippen LogP contribution in [0.1, 0.15) is 25.7 Å². The quantitative estimate of drug-likeness (QED) is 0.844. The third-order valence-electron chi connectivity index (χ3n) is 3.96. The first-order chi connectivity index (χ1) is 9.38. The van der Waals surface area contributed by atoms with Gasteiger partial charge in [-0.15, -0.1) is 5.10 Å². The predicted octanol–water partition coefficient (Wildman–Crippen LogP) is 0.730. The molecule has 1 aliphatic rings. The largest absolute Gasteiger partial charge is 0.396 e. The third kappa shape index (κ3) is 2.51. The van der Waals surface area contributed by atoms with Crippen molar-refractivity contribution in [3.63, 3.8) is 0 Å². The van der Waals surface area contributed by atoms with Crippen molar-refractivity contribution < 1.29 is 5.11 Å². The number of nitrogens with zero attached hydrogens (tertiary/aromatic N) is 5. The van der Waals surface area contributed by atoms with Crippen molar-refractivity contribution in [2.45, 2.75) is 25.7 Å². The molecule has 102 valence electrons. The maximum absolute atomic E-state index is 9.42. The van der Waals surface area contributed by atoms with Crippen LogP contribution < -0.4 is 5.32 Å². The Morgan fingerprint density at radius 1 is 1.26 bits per heavy atom. The molecule has 0 aromatic carbocycles. The van der Waals surface area contributed by atoms with E-state index in [0.29, 0.717) is 17.5 Å². The number of aromatic nitrogens is 5. The molecule has 2 aromatic rings. The van der Waals surface area contributed by atoms with E-state index in [0.717, 1.165) is 25.2 Å². The lowest BCUT2D eigenvalue weighted by atomic mass is 9.79. The maximum atomic E-state index is 9.42. The van der Waals surface area contributed by atoms with Gasteiger partial charge in [-0.25, -0.2) is 0 Å². The van der Waals surface area contributed by atoms with Gasteiger partial charge in [0.1, 0.15) is 5.82 Å². The second-order valence-corrected chi connectivity index (χ2v) is 5.11. The minimum absolute atomic E-state index is 0.277. The molecule has 2 aromatic heterocycles. The number of aliphatic hydroxyl groups is 1. The van der Waals surface area contributed by atoms with E-state index in [-0.39, 0.29) is 6.61 Å². The number of fused-ring (bicyclic) bond motifs is 1. The summed E-state index contributed by atoms with van der Waals surface area (Å²) in [6.45, 7) is 1.10. The molecule has 7 heteroatoms. The average Bonchev–Trinajstić information content (AvgIpc) is 2.94. The molecule has 0 saturated heterocycles. The summed E-state index contributed by atoms with van der Waals surface area (Å²) in [5.74, 6) is 1.71. The van der Waals surface area contributed by atoms with Crippen LogP contribution in [0.4, 0.5) is 5.82 Å². The van der Waals surface area contributed by atoms with Gasteiger partial charge in [0.2, 0.25) is 0 Å². The zero-order valence-electron chi connectivity index (χ0n) is 10.7. The van der Waals surface area contributed by atoms with Crippen LogP contribution in [-0.2, 0) is 0 Å². The van der Waals surface area contributed by atoms with Crippen LogP contribution >= 0.6 is 0 Å². The fourth-order valence-corrected chi connectivity index (χ4v) is 2.83. The summed E-state index contributed by atoms with van der Waals surface area (Å²) in [4.78, 5) is 4.11. The van der Waals surface area contributed by atoms with Gasteiger partial charge in [0.05, 0.1) is 12.4 Å². The smallest absolute Gasteiger partial charge is 0.199 e. The topological polar surface area (TPSA) is 88.2 Å². The highest BCUT2D eigenvalue weighted by atomic mass is 16.3. The van der Waals surface area contributed by atoms with Crippen molar-refractivity contribution in [1.29, 1.82) is 0 Å². The molecular weight excluding hydrogens is 244 g/mol. The number of hydrogen-bond donors (Lipinski definition) is 2. The standard InChI is InChI=1S/C12H18N6O/c19-8-10-4-2-1-3-9(10)5-14-11-6-13-7-12-15-16-17-18(11)12/h6-7,9-10,14,19H,1-5,8H2. The van der Waals surface area contributed by atoms with Gasteiger partial charge in [0.25, 0.3) is 0 Å². The molecule has 3 rings (SSSR count). The number of rotatable bonds is 4. The van der Waals surface area contributed by atoms with Crippen molar-refractivity contribution in [2.24, 2.45) is 11.8 Å². The number of nitrogens with one attached hydrogen (secondary N) is 1. The van der Waals surface area contributed by atoms with Gasteiger partial charge in [-0.05, 0) is 35.1 Å². The molecule has 19 heavy (non-hydrogen) atoms. The fraction of sp³-hybridized carbons (Fsp3) is 0.667. The summed E-state index contributed by atoms with van der Waals surface area (Å²) in [7, 11) is 0. The lowest BCUT2D eigenvalue weighted by Gasteiger charge is -2.30. The monoisotopic (exact) mass is 262 g/mol. The Labute approximate surface area is 111 Å². The Balaban J connectivity index is 1.69. The van der Waals surface area contributed by atoms with Crippen molar-refractivity contribution in [3.8, 4) is 0 Å². The third-order valence-corrected chi connectivity index (χ3v) is 3.96.